The fraction of sp³-hybridized carbons (Fsp3) is 0.625. The van der Waals surface area contributed by atoms with Crippen molar-refractivity contribution in [2.75, 3.05) is 20.0 Å². The van der Waals surface area contributed by atoms with Crippen LogP contribution in [0.1, 0.15) is 6.92 Å². The second kappa shape index (κ2) is 3.69. The molecule has 0 aliphatic carbocycles. The number of carboxylic acid groups (broad SMARTS) is 1. The van der Waals surface area contributed by atoms with E-state index in [1.54, 1.807) is 19.1 Å². The minimum Gasteiger partial charge on any atom is -0.480 e. The van der Waals surface area contributed by atoms with Crippen molar-refractivity contribution in [1.29, 1.82) is 0 Å². The van der Waals surface area contributed by atoms with Gasteiger partial charge >= 0.3 is 5.97 Å². The van der Waals surface area contributed by atoms with E-state index in [1.807, 2.05) is 0 Å². The molecule has 1 fully saturated rings. The van der Waals surface area contributed by atoms with Gasteiger partial charge in [0.1, 0.15) is 12.2 Å². The van der Waals surface area contributed by atoms with E-state index in [0.717, 1.165) is 0 Å². The van der Waals surface area contributed by atoms with Gasteiger partial charge in [0, 0.05) is 0 Å². The van der Waals surface area contributed by atoms with Gasteiger partial charge < -0.3 is 14.6 Å². The van der Waals surface area contributed by atoms with Crippen molar-refractivity contribution in [2.24, 2.45) is 5.41 Å². The zero-order valence-electron chi connectivity index (χ0n) is 6.95. The summed E-state index contributed by atoms with van der Waals surface area (Å²) >= 11 is 0. The Morgan fingerprint density at radius 3 is 2.50 bits per heavy atom. The molecule has 4 heteroatoms. The first-order valence-corrected chi connectivity index (χ1v) is 3.74. The minimum absolute atomic E-state index is 0.187. The number of aliphatic carboxylic acids is 1. The van der Waals surface area contributed by atoms with Crippen molar-refractivity contribution in [1.82, 2.24) is 0 Å². The van der Waals surface area contributed by atoms with Crippen LogP contribution in [0.3, 0.4) is 0 Å². The van der Waals surface area contributed by atoms with Gasteiger partial charge in [0.2, 0.25) is 0 Å². The molecule has 0 saturated carbocycles. The highest BCUT2D eigenvalue weighted by molar-refractivity contribution is 5.77. The smallest absolute Gasteiger partial charge is 0.318 e. The molecule has 0 aromatic carbocycles. The molecule has 12 heavy (non-hydrogen) atoms. The van der Waals surface area contributed by atoms with Gasteiger partial charge in [0.25, 0.3) is 0 Å². The Hall–Kier alpha value is -0.870. The molecule has 68 valence electrons. The highest BCUT2D eigenvalue weighted by Gasteiger charge is 2.38. The SMILES string of the molecule is C/C=C/C1(C(=O)O)COCOC1. The average Bonchev–Trinajstić information content (AvgIpc) is 2.06. The number of carboxylic acids is 1. The first-order valence-electron chi connectivity index (χ1n) is 3.74. The lowest BCUT2D eigenvalue weighted by Gasteiger charge is -2.29. The van der Waals surface area contributed by atoms with Crippen LogP contribution in [0, 0.1) is 5.41 Å². The first-order chi connectivity index (χ1) is 5.71. The molecule has 1 N–H and O–H groups in total. The van der Waals surface area contributed by atoms with Gasteiger partial charge in [-0.3, -0.25) is 4.79 Å². The molecule has 0 aromatic heterocycles. The zero-order chi connectivity index (χ0) is 9.03. The maximum Gasteiger partial charge on any atom is 0.318 e. The van der Waals surface area contributed by atoms with Crippen molar-refractivity contribution in [2.45, 2.75) is 6.92 Å². The van der Waals surface area contributed by atoms with Gasteiger partial charge in [0.15, 0.2) is 0 Å². The summed E-state index contributed by atoms with van der Waals surface area (Å²) in [6.07, 6.45) is 3.31. The number of allylic oxidation sites excluding steroid dienone is 1. The van der Waals surface area contributed by atoms with Gasteiger partial charge in [-0.15, -0.1) is 0 Å². The highest BCUT2D eigenvalue weighted by Crippen LogP contribution is 2.24. The van der Waals surface area contributed by atoms with Crippen LogP contribution >= 0.6 is 0 Å². The molecule has 1 saturated heterocycles. The number of hydrogen-bond acceptors (Lipinski definition) is 3. The summed E-state index contributed by atoms with van der Waals surface area (Å²) in [6, 6.07) is 0. The number of rotatable bonds is 2. The Balaban J connectivity index is 2.76. The molecule has 1 aliphatic rings. The monoisotopic (exact) mass is 172 g/mol. The standard InChI is InChI=1S/C8H12O4/c1-2-3-8(7(9)10)4-11-6-12-5-8/h2-3H,4-6H2,1H3,(H,9,10)/b3-2+. The van der Waals surface area contributed by atoms with Gasteiger partial charge in [-0.05, 0) is 6.92 Å². The molecule has 0 unspecified atom stereocenters. The van der Waals surface area contributed by atoms with Crippen LogP contribution in [0.25, 0.3) is 0 Å². The van der Waals surface area contributed by atoms with Crippen LogP contribution in [-0.2, 0) is 14.3 Å². The molecule has 0 bridgehead atoms. The van der Waals surface area contributed by atoms with Crippen LogP contribution in [0.4, 0.5) is 0 Å². The fourth-order valence-corrected chi connectivity index (χ4v) is 1.16. The van der Waals surface area contributed by atoms with Gasteiger partial charge in [-0.1, -0.05) is 12.2 Å². The Morgan fingerprint density at radius 2 is 2.08 bits per heavy atom. The predicted molar refractivity (Wildman–Crippen MR) is 41.7 cm³/mol. The predicted octanol–water partition coefficient (Wildman–Crippen LogP) is 0.638. The van der Waals surface area contributed by atoms with Crippen molar-refractivity contribution in [3.8, 4) is 0 Å². The van der Waals surface area contributed by atoms with Gasteiger partial charge in [-0.25, -0.2) is 0 Å². The molecule has 1 aliphatic heterocycles. The molecule has 1 rings (SSSR count). The van der Waals surface area contributed by atoms with Crippen LogP contribution < -0.4 is 0 Å². The quantitative estimate of drug-likeness (QED) is 0.621. The van der Waals surface area contributed by atoms with E-state index < -0.39 is 11.4 Å². The second-order valence-corrected chi connectivity index (χ2v) is 2.78. The molecule has 1 heterocycles. The summed E-state index contributed by atoms with van der Waals surface area (Å²) in [7, 11) is 0. The Labute approximate surface area is 70.8 Å². The average molecular weight is 172 g/mol. The van der Waals surface area contributed by atoms with Crippen molar-refractivity contribution in [3.05, 3.63) is 12.2 Å². The first kappa shape index (κ1) is 9.22. The lowest BCUT2D eigenvalue weighted by atomic mass is 9.89. The molecule has 0 spiro atoms. The van der Waals surface area contributed by atoms with Crippen molar-refractivity contribution < 1.29 is 19.4 Å². The number of hydrogen-bond donors (Lipinski definition) is 1. The maximum absolute atomic E-state index is 10.9. The topological polar surface area (TPSA) is 55.8 Å². The summed E-state index contributed by atoms with van der Waals surface area (Å²) in [5.41, 5.74) is -0.979. The molecule has 0 aromatic rings. The molecule has 0 atom stereocenters. The second-order valence-electron chi connectivity index (χ2n) is 2.78. The third-order valence-corrected chi connectivity index (χ3v) is 1.80. The van der Waals surface area contributed by atoms with E-state index in [9.17, 15) is 4.79 Å². The van der Waals surface area contributed by atoms with Crippen LogP contribution in [-0.4, -0.2) is 31.1 Å². The Morgan fingerprint density at radius 1 is 1.50 bits per heavy atom. The molecule has 4 nitrogen and oxygen atoms in total. The largest absolute Gasteiger partial charge is 0.480 e. The van der Waals surface area contributed by atoms with E-state index in [1.165, 1.54) is 0 Å². The van der Waals surface area contributed by atoms with Gasteiger partial charge in [0.05, 0.1) is 13.2 Å². The van der Waals surface area contributed by atoms with E-state index >= 15 is 0 Å². The molecular formula is C8H12O4. The van der Waals surface area contributed by atoms with E-state index in [2.05, 4.69) is 0 Å². The molecular weight excluding hydrogens is 160 g/mol. The summed E-state index contributed by atoms with van der Waals surface area (Å²) in [5, 5.41) is 8.91. The fourth-order valence-electron chi connectivity index (χ4n) is 1.16. The summed E-state index contributed by atoms with van der Waals surface area (Å²) in [5.74, 6) is -0.902. The zero-order valence-corrected chi connectivity index (χ0v) is 6.95. The molecule has 0 radical (unpaired) electrons. The lowest BCUT2D eigenvalue weighted by molar-refractivity contribution is -0.180. The van der Waals surface area contributed by atoms with Crippen LogP contribution in [0.15, 0.2) is 12.2 Å². The highest BCUT2D eigenvalue weighted by atomic mass is 16.7. The minimum atomic E-state index is -0.979. The van der Waals surface area contributed by atoms with E-state index in [0.29, 0.717) is 0 Å². The summed E-state index contributed by atoms with van der Waals surface area (Å²) in [6.45, 7) is 2.34. The van der Waals surface area contributed by atoms with Crippen LogP contribution in [0.5, 0.6) is 0 Å². The Kier molecular flexibility index (Phi) is 2.83. The van der Waals surface area contributed by atoms with Crippen molar-refractivity contribution in [3.63, 3.8) is 0 Å². The summed E-state index contributed by atoms with van der Waals surface area (Å²) < 4.78 is 9.89. The third-order valence-electron chi connectivity index (χ3n) is 1.80. The third kappa shape index (κ3) is 1.65. The van der Waals surface area contributed by atoms with Crippen LogP contribution in [0.2, 0.25) is 0 Å². The maximum atomic E-state index is 10.9. The Bertz CT molecular complexity index is 191. The number of ether oxygens (including phenoxy) is 2. The lowest BCUT2D eigenvalue weighted by Crippen LogP contribution is -2.42. The number of carbonyl (C=O) groups is 1. The van der Waals surface area contributed by atoms with E-state index in [-0.39, 0.29) is 20.0 Å². The van der Waals surface area contributed by atoms with Crippen molar-refractivity contribution >= 4 is 5.97 Å². The molecule has 0 amide bonds. The summed E-state index contributed by atoms with van der Waals surface area (Å²) in [4.78, 5) is 10.9. The normalized spacial score (nSPS) is 22.8. The van der Waals surface area contributed by atoms with E-state index in [4.69, 9.17) is 14.6 Å². The van der Waals surface area contributed by atoms with Gasteiger partial charge in [-0.2, -0.15) is 0 Å².